The first-order valence-electron chi connectivity index (χ1n) is 6.21. The van der Waals surface area contributed by atoms with Crippen LogP contribution in [0.25, 0.3) is 11.3 Å². The first-order valence-corrected chi connectivity index (χ1v) is 7.47. The highest BCUT2D eigenvalue weighted by Gasteiger charge is 2.76. The number of aromatic nitrogens is 1. The molecule has 0 saturated carbocycles. The Hall–Kier alpha value is -1.88. The number of benzene rings is 1. The van der Waals surface area contributed by atoms with Crippen molar-refractivity contribution in [3.63, 3.8) is 0 Å². The fourth-order valence-electron chi connectivity index (χ4n) is 1.58. The summed E-state index contributed by atoms with van der Waals surface area (Å²) in [4.78, 5) is 14.9. The molecule has 12 heteroatoms. The van der Waals surface area contributed by atoms with Gasteiger partial charge in [-0.2, -0.15) is 30.7 Å². The molecule has 0 bridgehead atoms. The smallest absolute Gasteiger partial charge is 0.296 e. The van der Waals surface area contributed by atoms with Crippen LogP contribution in [0.15, 0.2) is 29.6 Å². The summed E-state index contributed by atoms with van der Waals surface area (Å²) in [6.07, 6.45) is -6.59. The molecule has 3 nitrogen and oxygen atoms in total. The maximum absolute atomic E-state index is 13.2. The van der Waals surface area contributed by atoms with Crippen molar-refractivity contribution in [2.45, 2.75) is 18.0 Å². The number of thiazole rings is 1. The third kappa shape index (κ3) is 3.71. The van der Waals surface area contributed by atoms with Crippen LogP contribution in [0.2, 0.25) is 5.02 Å². The lowest BCUT2D eigenvalue weighted by atomic mass is 10.1. The molecule has 2 rings (SSSR count). The van der Waals surface area contributed by atoms with Crippen molar-refractivity contribution in [2.24, 2.45) is 0 Å². The second kappa shape index (κ2) is 6.45. The quantitative estimate of drug-likeness (QED) is 0.706. The summed E-state index contributed by atoms with van der Waals surface area (Å²) in [6, 6.07) is 6.00. The van der Waals surface area contributed by atoms with E-state index in [1.165, 1.54) is 35.0 Å². The predicted molar refractivity (Wildman–Crippen MR) is 77.1 cm³/mol. The molecule has 25 heavy (non-hydrogen) atoms. The number of hydrogen-bond donors (Lipinski definition) is 1. The number of carbonyl (C=O) groups is 1. The van der Waals surface area contributed by atoms with Gasteiger partial charge >= 0.3 is 23.9 Å². The molecule has 0 spiro atoms. The predicted octanol–water partition coefficient (Wildman–Crippen LogP) is 5.23. The van der Waals surface area contributed by atoms with Gasteiger partial charge in [-0.3, -0.25) is 10.1 Å². The summed E-state index contributed by atoms with van der Waals surface area (Å²) in [5.41, 5.74) is 0.649. The van der Waals surface area contributed by atoms with Gasteiger partial charge in [-0.1, -0.05) is 23.7 Å². The Kier molecular flexibility index (Phi) is 5.01. The monoisotopic (exact) mass is 406 g/mol. The van der Waals surface area contributed by atoms with Gasteiger partial charge in [0, 0.05) is 16.0 Å². The number of hydrogen-bond acceptors (Lipinski definition) is 3. The zero-order valence-electron chi connectivity index (χ0n) is 11.7. The number of nitrogens with one attached hydrogen (secondary N) is 1. The number of nitrogens with zero attached hydrogens (tertiary/aromatic N) is 1. The highest BCUT2D eigenvalue weighted by atomic mass is 35.5. The van der Waals surface area contributed by atoms with Gasteiger partial charge in [0.2, 0.25) is 0 Å². The Morgan fingerprint density at radius 2 is 1.60 bits per heavy atom. The van der Waals surface area contributed by atoms with Crippen LogP contribution in [-0.2, 0) is 4.79 Å². The second-order valence-electron chi connectivity index (χ2n) is 4.65. The molecule has 1 aromatic carbocycles. The molecule has 136 valence electrons. The molecule has 1 amide bonds. The largest absolute Gasteiger partial charge is 0.460 e. The number of amides is 1. The van der Waals surface area contributed by atoms with E-state index in [1.807, 2.05) is 0 Å². The molecule has 1 N–H and O–H groups in total. The van der Waals surface area contributed by atoms with Gasteiger partial charge in [-0.05, 0) is 12.1 Å². The van der Waals surface area contributed by atoms with Crippen molar-refractivity contribution in [1.29, 1.82) is 0 Å². The fourth-order valence-corrected chi connectivity index (χ4v) is 2.42. The normalized spacial score (nSPS) is 13.0. The average Bonchev–Trinajstić information content (AvgIpc) is 2.95. The van der Waals surface area contributed by atoms with Crippen LogP contribution in [-0.4, -0.2) is 28.9 Å². The highest BCUT2D eigenvalue weighted by Crippen LogP contribution is 2.47. The van der Waals surface area contributed by atoms with Gasteiger partial charge in [-0.15, -0.1) is 11.3 Å². The van der Waals surface area contributed by atoms with Crippen molar-refractivity contribution < 1.29 is 35.5 Å². The minimum atomic E-state index is -6.59. The molecule has 0 atom stereocenters. The van der Waals surface area contributed by atoms with E-state index in [9.17, 15) is 35.5 Å². The van der Waals surface area contributed by atoms with Crippen molar-refractivity contribution >= 4 is 34.0 Å². The topological polar surface area (TPSA) is 42.0 Å². The number of anilines is 1. The molecule has 1 aromatic heterocycles. The minimum Gasteiger partial charge on any atom is -0.296 e. The van der Waals surface area contributed by atoms with Gasteiger partial charge in [0.15, 0.2) is 5.13 Å². The Bertz CT molecular complexity index is 773. The van der Waals surface area contributed by atoms with E-state index in [2.05, 4.69) is 4.98 Å². The van der Waals surface area contributed by atoms with E-state index in [-0.39, 0.29) is 5.69 Å². The van der Waals surface area contributed by atoms with Crippen LogP contribution in [0.5, 0.6) is 0 Å². The average molecular weight is 407 g/mol. The summed E-state index contributed by atoms with van der Waals surface area (Å²) >= 11 is 6.26. The summed E-state index contributed by atoms with van der Waals surface area (Å²) in [6.45, 7) is 0. The zero-order valence-corrected chi connectivity index (χ0v) is 13.2. The summed E-state index contributed by atoms with van der Waals surface area (Å²) in [7, 11) is 0. The van der Waals surface area contributed by atoms with Crippen LogP contribution in [0.4, 0.5) is 35.9 Å². The molecule has 0 unspecified atom stereocenters. The van der Waals surface area contributed by atoms with Crippen molar-refractivity contribution in [1.82, 2.24) is 4.98 Å². The van der Waals surface area contributed by atoms with Crippen LogP contribution >= 0.6 is 22.9 Å². The van der Waals surface area contributed by atoms with Gasteiger partial charge in [0.25, 0.3) is 0 Å². The number of rotatable bonds is 4. The number of halogens is 8. The molecule has 2 aromatic rings. The first-order chi connectivity index (χ1) is 11.4. The number of carbonyl (C=O) groups excluding carboxylic acids is 1. The van der Waals surface area contributed by atoms with Gasteiger partial charge < -0.3 is 0 Å². The lowest BCUT2D eigenvalue weighted by Gasteiger charge is -2.26. The van der Waals surface area contributed by atoms with Crippen LogP contribution in [0.1, 0.15) is 0 Å². The second-order valence-corrected chi connectivity index (χ2v) is 5.94. The molecule has 0 radical (unpaired) electrons. The standard InChI is InChI=1S/C13H6ClF7N2OS/c14-7-3-1-6(2-4-7)8-5-25-10(22-8)23-9(24)11(15,16)12(17,18)13(19,20)21/h1-5H,(H,22,23,24). The van der Waals surface area contributed by atoms with Gasteiger partial charge in [-0.25, -0.2) is 4.98 Å². The Morgan fingerprint density at radius 1 is 1.04 bits per heavy atom. The summed E-state index contributed by atoms with van der Waals surface area (Å²) < 4.78 is 88.2. The van der Waals surface area contributed by atoms with Gasteiger partial charge in [0.1, 0.15) is 0 Å². The molecular formula is C13H6ClF7N2OS. The van der Waals surface area contributed by atoms with Crippen molar-refractivity contribution in [3.8, 4) is 11.3 Å². The molecule has 0 aliphatic carbocycles. The molecule has 0 saturated heterocycles. The van der Waals surface area contributed by atoms with E-state index < -0.39 is 29.1 Å². The minimum absolute atomic E-state index is 0.183. The molecule has 0 aliphatic rings. The Labute approximate surface area is 144 Å². The van der Waals surface area contributed by atoms with Crippen LogP contribution in [0.3, 0.4) is 0 Å². The van der Waals surface area contributed by atoms with E-state index in [0.29, 0.717) is 21.9 Å². The van der Waals surface area contributed by atoms with Crippen LogP contribution < -0.4 is 5.32 Å². The van der Waals surface area contributed by atoms with Crippen molar-refractivity contribution in [2.75, 3.05) is 5.32 Å². The van der Waals surface area contributed by atoms with E-state index in [4.69, 9.17) is 11.6 Å². The summed E-state index contributed by atoms with van der Waals surface area (Å²) in [5.74, 6) is -15.3. The van der Waals surface area contributed by atoms with E-state index in [0.717, 1.165) is 0 Å². The third-order valence-electron chi connectivity index (χ3n) is 2.90. The number of alkyl halides is 7. The fraction of sp³-hybridized carbons (Fsp3) is 0.231. The van der Waals surface area contributed by atoms with E-state index >= 15 is 0 Å². The maximum atomic E-state index is 13.2. The molecule has 0 fully saturated rings. The maximum Gasteiger partial charge on any atom is 0.460 e. The Morgan fingerprint density at radius 3 is 2.12 bits per heavy atom. The molecule has 1 heterocycles. The first kappa shape index (κ1) is 19.4. The lowest BCUT2D eigenvalue weighted by Crippen LogP contribution is -2.57. The molecule has 0 aliphatic heterocycles. The third-order valence-corrected chi connectivity index (χ3v) is 3.91. The zero-order chi connectivity index (χ0) is 19.0. The summed E-state index contributed by atoms with van der Waals surface area (Å²) in [5, 5.41) is 2.41. The van der Waals surface area contributed by atoms with Gasteiger partial charge in [0.05, 0.1) is 5.69 Å². The molecular weight excluding hydrogens is 401 g/mol. The van der Waals surface area contributed by atoms with Crippen LogP contribution in [0, 0.1) is 0 Å². The van der Waals surface area contributed by atoms with E-state index in [1.54, 1.807) is 0 Å². The lowest BCUT2D eigenvalue weighted by molar-refractivity contribution is -0.343. The SMILES string of the molecule is O=C(Nc1nc(-c2ccc(Cl)cc2)cs1)C(F)(F)C(F)(F)C(F)(F)F. The highest BCUT2D eigenvalue weighted by molar-refractivity contribution is 7.14. The Balaban J connectivity index is 2.20. The van der Waals surface area contributed by atoms with Crippen molar-refractivity contribution in [3.05, 3.63) is 34.7 Å².